The molecule has 0 aliphatic carbocycles. The summed E-state index contributed by atoms with van der Waals surface area (Å²) in [7, 11) is 1.69. The van der Waals surface area contributed by atoms with Gasteiger partial charge >= 0.3 is 0 Å². The van der Waals surface area contributed by atoms with Crippen LogP contribution in [-0.2, 0) is 9.59 Å². The summed E-state index contributed by atoms with van der Waals surface area (Å²) in [6.45, 7) is 6.80. The van der Waals surface area contributed by atoms with Crippen LogP contribution in [0.15, 0.2) is 24.3 Å². The van der Waals surface area contributed by atoms with Crippen LogP contribution in [-0.4, -0.2) is 68.0 Å². The van der Waals surface area contributed by atoms with Crippen molar-refractivity contribution in [3.63, 3.8) is 0 Å². The predicted molar refractivity (Wildman–Crippen MR) is 111 cm³/mol. The predicted octanol–water partition coefficient (Wildman–Crippen LogP) is 2.77. The molecule has 0 N–H and O–H groups in total. The molecule has 2 aliphatic rings. The summed E-state index contributed by atoms with van der Waals surface area (Å²) in [5, 5.41) is 0. The Morgan fingerprint density at radius 1 is 0.893 bits per heavy atom. The average Bonchev–Trinajstić information content (AvgIpc) is 2.74. The number of para-hydroxylation sites is 2. The zero-order valence-electron chi connectivity index (χ0n) is 17.2. The van der Waals surface area contributed by atoms with Gasteiger partial charge in [-0.2, -0.15) is 0 Å². The number of rotatable bonds is 6. The van der Waals surface area contributed by atoms with Gasteiger partial charge in [0.15, 0.2) is 0 Å². The maximum atomic E-state index is 12.7. The third-order valence-electron chi connectivity index (χ3n) is 5.81. The summed E-state index contributed by atoms with van der Waals surface area (Å²) in [5.41, 5.74) is 1.08. The highest BCUT2D eigenvalue weighted by atomic mass is 16.5. The monoisotopic (exact) mass is 387 g/mol. The van der Waals surface area contributed by atoms with Crippen molar-refractivity contribution in [1.29, 1.82) is 0 Å². The highest BCUT2D eigenvalue weighted by molar-refractivity contribution is 5.80. The fourth-order valence-corrected chi connectivity index (χ4v) is 4.16. The van der Waals surface area contributed by atoms with E-state index in [9.17, 15) is 9.59 Å². The lowest BCUT2D eigenvalue weighted by Gasteiger charge is -2.37. The number of methoxy groups -OCH3 is 1. The summed E-state index contributed by atoms with van der Waals surface area (Å²) >= 11 is 0. The standard InChI is InChI=1S/C22H33N3O3/c1-18(16-21(26)24-10-6-3-7-11-24)17-22(27)25-14-12-23(13-15-25)19-8-4-5-9-20(19)28-2/h4-5,8-9,18H,3,6-7,10-17H2,1-2H3/t18-/m1/s1. The van der Waals surface area contributed by atoms with Crippen LogP contribution in [0.1, 0.15) is 39.0 Å². The number of hydrogen-bond donors (Lipinski definition) is 0. The number of amides is 2. The molecule has 0 radical (unpaired) electrons. The summed E-state index contributed by atoms with van der Waals surface area (Å²) in [4.78, 5) is 31.3. The topological polar surface area (TPSA) is 53.1 Å². The van der Waals surface area contributed by atoms with Crippen molar-refractivity contribution < 1.29 is 14.3 Å². The van der Waals surface area contributed by atoms with Crippen LogP contribution in [0.4, 0.5) is 5.69 Å². The minimum absolute atomic E-state index is 0.0918. The van der Waals surface area contributed by atoms with E-state index < -0.39 is 0 Å². The van der Waals surface area contributed by atoms with E-state index in [1.807, 2.05) is 34.9 Å². The van der Waals surface area contributed by atoms with Gasteiger partial charge in [-0.05, 0) is 37.3 Å². The Morgan fingerprint density at radius 3 is 2.07 bits per heavy atom. The molecule has 1 aromatic rings. The van der Waals surface area contributed by atoms with E-state index in [1.165, 1.54) is 6.42 Å². The van der Waals surface area contributed by atoms with E-state index >= 15 is 0 Å². The lowest BCUT2D eigenvalue weighted by atomic mass is 10.0. The SMILES string of the molecule is COc1ccccc1N1CCN(C(=O)C[C@H](C)CC(=O)N2CCCCC2)CC1. The summed E-state index contributed by atoms with van der Waals surface area (Å²) in [5.74, 6) is 1.33. The van der Waals surface area contributed by atoms with Gasteiger partial charge in [0.25, 0.3) is 0 Å². The molecule has 0 aromatic heterocycles. The Kier molecular flexibility index (Phi) is 7.18. The molecule has 2 fully saturated rings. The van der Waals surface area contributed by atoms with Crippen LogP contribution in [0.25, 0.3) is 0 Å². The van der Waals surface area contributed by atoms with Crippen molar-refractivity contribution >= 4 is 17.5 Å². The van der Waals surface area contributed by atoms with Crippen LogP contribution < -0.4 is 9.64 Å². The Hall–Kier alpha value is -2.24. The average molecular weight is 388 g/mol. The van der Waals surface area contributed by atoms with Gasteiger partial charge in [-0.15, -0.1) is 0 Å². The van der Waals surface area contributed by atoms with Crippen LogP contribution in [0.2, 0.25) is 0 Å². The third-order valence-corrected chi connectivity index (χ3v) is 5.81. The van der Waals surface area contributed by atoms with Gasteiger partial charge in [0.05, 0.1) is 12.8 Å². The van der Waals surface area contributed by atoms with E-state index in [2.05, 4.69) is 11.0 Å². The third kappa shape index (κ3) is 5.18. The number of ether oxygens (including phenoxy) is 1. The van der Waals surface area contributed by atoms with Crippen molar-refractivity contribution in [3.05, 3.63) is 24.3 Å². The number of benzene rings is 1. The van der Waals surface area contributed by atoms with E-state index in [1.54, 1.807) is 7.11 Å². The molecule has 2 aliphatic heterocycles. The first-order valence-electron chi connectivity index (χ1n) is 10.5. The number of likely N-dealkylation sites (tertiary alicyclic amines) is 1. The fourth-order valence-electron chi connectivity index (χ4n) is 4.16. The van der Waals surface area contributed by atoms with Crippen molar-refractivity contribution in [2.45, 2.75) is 39.0 Å². The molecule has 0 spiro atoms. The molecule has 1 aromatic carbocycles. The van der Waals surface area contributed by atoms with Gasteiger partial charge in [0.2, 0.25) is 11.8 Å². The van der Waals surface area contributed by atoms with Crippen molar-refractivity contribution in [1.82, 2.24) is 9.80 Å². The first-order chi connectivity index (χ1) is 13.6. The maximum Gasteiger partial charge on any atom is 0.222 e. The quantitative estimate of drug-likeness (QED) is 0.753. The zero-order chi connectivity index (χ0) is 19.9. The van der Waals surface area contributed by atoms with Gasteiger partial charge in [-0.25, -0.2) is 0 Å². The lowest BCUT2D eigenvalue weighted by molar-refractivity contribution is -0.135. The van der Waals surface area contributed by atoms with Crippen LogP contribution in [0.3, 0.4) is 0 Å². The molecule has 3 rings (SSSR count). The molecule has 6 heteroatoms. The number of piperidine rings is 1. The highest BCUT2D eigenvalue weighted by Crippen LogP contribution is 2.28. The smallest absolute Gasteiger partial charge is 0.222 e. The number of carbonyl (C=O) groups is 2. The molecule has 1 atom stereocenters. The molecular weight excluding hydrogens is 354 g/mol. The first-order valence-corrected chi connectivity index (χ1v) is 10.5. The number of anilines is 1. The van der Waals surface area contributed by atoms with Gasteiger partial charge < -0.3 is 19.4 Å². The second-order valence-corrected chi connectivity index (χ2v) is 7.99. The van der Waals surface area contributed by atoms with Crippen molar-refractivity contribution in [2.75, 3.05) is 51.3 Å². The second-order valence-electron chi connectivity index (χ2n) is 7.99. The minimum Gasteiger partial charge on any atom is -0.495 e. The van der Waals surface area contributed by atoms with Gasteiger partial charge in [0.1, 0.15) is 5.75 Å². The molecule has 2 heterocycles. The molecule has 2 amide bonds. The summed E-state index contributed by atoms with van der Waals surface area (Å²) in [6.07, 6.45) is 4.37. The molecule has 2 saturated heterocycles. The van der Waals surface area contributed by atoms with Gasteiger partial charge in [-0.3, -0.25) is 9.59 Å². The van der Waals surface area contributed by atoms with Gasteiger partial charge in [-0.1, -0.05) is 19.1 Å². The van der Waals surface area contributed by atoms with E-state index in [4.69, 9.17) is 4.74 Å². The van der Waals surface area contributed by atoms with Crippen LogP contribution in [0, 0.1) is 5.92 Å². The summed E-state index contributed by atoms with van der Waals surface area (Å²) < 4.78 is 5.45. The molecule has 0 bridgehead atoms. The maximum absolute atomic E-state index is 12.7. The summed E-state index contributed by atoms with van der Waals surface area (Å²) in [6, 6.07) is 8.00. The molecule has 0 saturated carbocycles. The normalized spacial score (nSPS) is 18.7. The van der Waals surface area contributed by atoms with Crippen LogP contribution >= 0.6 is 0 Å². The highest BCUT2D eigenvalue weighted by Gasteiger charge is 2.25. The second kappa shape index (κ2) is 9.80. The van der Waals surface area contributed by atoms with E-state index in [-0.39, 0.29) is 17.7 Å². The van der Waals surface area contributed by atoms with Crippen molar-refractivity contribution in [3.8, 4) is 5.75 Å². The molecule has 6 nitrogen and oxygen atoms in total. The Morgan fingerprint density at radius 2 is 1.46 bits per heavy atom. The molecule has 154 valence electrons. The lowest BCUT2D eigenvalue weighted by Crippen LogP contribution is -2.49. The van der Waals surface area contributed by atoms with E-state index in [0.717, 1.165) is 50.5 Å². The number of nitrogens with zero attached hydrogens (tertiary/aromatic N) is 3. The Labute approximate surface area is 168 Å². The number of piperazine rings is 1. The van der Waals surface area contributed by atoms with Gasteiger partial charge in [0, 0.05) is 52.1 Å². The molecular formula is C22H33N3O3. The largest absolute Gasteiger partial charge is 0.495 e. The van der Waals surface area contributed by atoms with E-state index in [0.29, 0.717) is 25.9 Å². The van der Waals surface area contributed by atoms with Crippen molar-refractivity contribution in [2.24, 2.45) is 5.92 Å². The molecule has 0 unspecified atom stereocenters. The molecule has 28 heavy (non-hydrogen) atoms. The Bertz CT molecular complexity index is 665. The minimum atomic E-state index is 0.0918. The van der Waals surface area contributed by atoms with Crippen LogP contribution in [0.5, 0.6) is 5.75 Å². The number of carbonyl (C=O) groups excluding carboxylic acids is 2. The Balaban J connectivity index is 1.45. The first kappa shape index (κ1) is 20.5. The number of hydrogen-bond acceptors (Lipinski definition) is 4. The zero-order valence-corrected chi connectivity index (χ0v) is 17.2. The fraction of sp³-hybridized carbons (Fsp3) is 0.636.